The fourth-order valence-corrected chi connectivity index (χ4v) is 2.80. The Balaban J connectivity index is 1.82. The highest BCUT2D eigenvalue weighted by molar-refractivity contribution is 5.15. The fourth-order valence-electron chi connectivity index (χ4n) is 2.80. The second-order valence-corrected chi connectivity index (χ2v) is 6.06. The molecule has 1 aliphatic rings. The monoisotopic (exact) mass is 247 g/mol. The van der Waals surface area contributed by atoms with E-state index >= 15 is 0 Å². The van der Waals surface area contributed by atoms with Crippen molar-refractivity contribution in [1.82, 2.24) is 5.32 Å². The second-order valence-electron chi connectivity index (χ2n) is 6.06. The van der Waals surface area contributed by atoms with Gasteiger partial charge in [-0.3, -0.25) is 0 Å². The third-order valence-corrected chi connectivity index (χ3v) is 3.60. The van der Waals surface area contributed by atoms with Crippen LogP contribution in [0.15, 0.2) is 30.3 Å². The van der Waals surface area contributed by atoms with E-state index in [1.54, 1.807) is 0 Å². The van der Waals surface area contributed by atoms with Gasteiger partial charge in [0.25, 0.3) is 0 Å². The minimum Gasteiger partial charge on any atom is -0.375 e. The first-order valence-corrected chi connectivity index (χ1v) is 6.99. The van der Waals surface area contributed by atoms with Crippen molar-refractivity contribution in [3.63, 3.8) is 0 Å². The summed E-state index contributed by atoms with van der Waals surface area (Å²) in [6.07, 6.45) is 3.33. The molecule has 0 saturated carbocycles. The molecule has 1 fully saturated rings. The summed E-state index contributed by atoms with van der Waals surface area (Å²) in [5.41, 5.74) is 1.44. The molecule has 18 heavy (non-hydrogen) atoms. The predicted octanol–water partition coefficient (Wildman–Crippen LogP) is 3.16. The van der Waals surface area contributed by atoms with Gasteiger partial charge < -0.3 is 10.1 Å². The van der Waals surface area contributed by atoms with Gasteiger partial charge in [0.15, 0.2) is 0 Å². The van der Waals surface area contributed by atoms with E-state index in [1.807, 2.05) is 0 Å². The highest BCUT2D eigenvalue weighted by Crippen LogP contribution is 2.24. The molecule has 2 nitrogen and oxygen atoms in total. The molecule has 1 aromatic carbocycles. The fraction of sp³-hybridized carbons (Fsp3) is 0.625. The highest BCUT2D eigenvalue weighted by Gasteiger charge is 2.29. The normalized spacial score (nSPS) is 24.7. The molecular formula is C16H25NO. The van der Waals surface area contributed by atoms with Crippen LogP contribution in [0.25, 0.3) is 0 Å². The number of hydrogen-bond acceptors (Lipinski definition) is 2. The summed E-state index contributed by atoms with van der Waals surface area (Å²) in [4.78, 5) is 0. The zero-order valence-corrected chi connectivity index (χ0v) is 11.8. The van der Waals surface area contributed by atoms with Crippen molar-refractivity contribution >= 4 is 0 Å². The van der Waals surface area contributed by atoms with Crippen molar-refractivity contribution in [3.8, 4) is 0 Å². The van der Waals surface area contributed by atoms with Gasteiger partial charge in [0, 0.05) is 18.7 Å². The van der Waals surface area contributed by atoms with Gasteiger partial charge in [0.1, 0.15) is 0 Å². The molecule has 1 aromatic rings. The molecule has 0 aromatic heterocycles. The average Bonchev–Trinajstić information content (AvgIpc) is 2.28. The second kappa shape index (κ2) is 5.85. The maximum absolute atomic E-state index is 5.76. The van der Waals surface area contributed by atoms with Crippen LogP contribution < -0.4 is 5.32 Å². The van der Waals surface area contributed by atoms with Crippen LogP contribution in [0.4, 0.5) is 0 Å². The Kier molecular flexibility index (Phi) is 4.41. The first-order valence-electron chi connectivity index (χ1n) is 6.99. The van der Waals surface area contributed by atoms with Gasteiger partial charge in [-0.15, -0.1) is 0 Å². The summed E-state index contributed by atoms with van der Waals surface area (Å²) in [6.45, 7) is 7.52. The summed E-state index contributed by atoms with van der Waals surface area (Å²) in [7, 11) is 0. The molecule has 0 aliphatic carbocycles. The van der Waals surface area contributed by atoms with Crippen LogP contribution in [-0.4, -0.2) is 24.3 Å². The van der Waals surface area contributed by atoms with Crippen molar-refractivity contribution in [3.05, 3.63) is 35.9 Å². The number of hydrogen-bond donors (Lipinski definition) is 1. The Labute approximate surface area is 111 Å². The van der Waals surface area contributed by atoms with Crippen molar-refractivity contribution in [2.45, 2.75) is 57.7 Å². The van der Waals surface area contributed by atoms with E-state index in [1.165, 1.54) is 5.56 Å². The van der Waals surface area contributed by atoms with Crippen molar-refractivity contribution in [1.29, 1.82) is 0 Å². The molecular weight excluding hydrogens is 222 g/mol. The largest absolute Gasteiger partial charge is 0.375 e. The lowest BCUT2D eigenvalue weighted by atomic mass is 9.93. The van der Waals surface area contributed by atoms with Gasteiger partial charge in [-0.2, -0.15) is 0 Å². The quantitative estimate of drug-likeness (QED) is 0.882. The molecule has 1 N–H and O–H groups in total. The molecule has 2 rings (SSSR count). The molecule has 0 unspecified atom stereocenters. The van der Waals surface area contributed by atoms with E-state index in [0.29, 0.717) is 12.1 Å². The van der Waals surface area contributed by atoms with Gasteiger partial charge in [0.2, 0.25) is 0 Å². The van der Waals surface area contributed by atoms with E-state index < -0.39 is 0 Å². The van der Waals surface area contributed by atoms with Crippen LogP contribution in [0.2, 0.25) is 0 Å². The molecule has 2 heteroatoms. The summed E-state index contributed by atoms with van der Waals surface area (Å²) < 4.78 is 5.76. The van der Waals surface area contributed by atoms with Crippen LogP contribution in [0.1, 0.15) is 39.2 Å². The molecule has 1 heterocycles. The molecule has 0 amide bonds. The summed E-state index contributed by atoms with van der Waals surface area (Å²) >= 11 is 0. The molecule has 100 valence electrons. The van der Waals surface area contributed by atoms with E-state index in [-0.39, 0.29) is 5.60 Å². The molecule has 0 bridgehead atoms. The third kappa shape index (κ3) is 4.11. The standard InChI is InChI=1S/C16H25NO/c1-13(11-14-7-5-4-6-8-14)17-15-9-10-18-16(2,3)12-15/h4-8,13,15,17H,9-12H2,1-3H3/t13-,15+/m0/s1. The third-order valence-electron chi connectivity index (χ3n) is 3.60. The number of nitrogens with one attached hydrogen (secondary N) is 1. The number of benzene rings is 1. The maximum atomic E-state index is 5.76. The molecule has 1 aliphatic heterocycles. The molecule has 1 saturated heterocycles. The summed E-state index contributed by atoms with van der Waals surface area (Å²) in [6, 6.07) is 11.8. The van der Waals surface area contributed by atoms with Crippen LogP contribution >= 0.6 is 0 Å². The van der Waals surface area contributed by atoms with Crippen LogP contribution in [0, 0.1) is 0 Å². The van der Waals surface area contributed by atoms with Gasteiger partial charge >= 0.3 is 0 Å². The topological polar surface area (TPSA) is 21.3 Å². The van der Waals surface area contributed by atoms with Crippen molar-refractivity contribution < 1.29 is 4.74 Å². The molecule has 0 spiro atoms. The molecule has 2 atom stereocenters. The van der Waals surface area contributed by atoms with Gasteiger partial charge in [-0.25, -0.2) is 0 Å². The first-order chi connectivity index (χ1) is 8.55. The van der Waals surface area contributed by atoms with Gasteiger partial charge in [-0.1, -0.05) is 30.3 Å². The SMILES string of the molecule is C[C@@H](Cc1ccccc1)N[C@@H]1CCOC(C)(C)C1. The summed E-state index contributed by atoms with van der Waals surface area (Å²) in [5.74, 6) is 0. The lowest BCUT2D eigenvalue weighted by Gasteiger charge is -2.37. The first kappa shape index (κ1) is 13.6. The van der Waals surface area contributed by atoms with Gasteiger partial charge in [0.05, 0.1) is 5.60 Å². The molecule has 0 radical (unpaired) electrons. The van der Waals surface area contributed by atoms with E-state index in [9.17, 15) is 0 Å². The Morgan fingerprint density at radius 2 is 2.06 bits per heavy atom. The Bertz CT molecular complexity index is 361. The summed E-state index contributed by atoms with van der Waals surface area (Å²) in [5, 5.41) is 3.74. The Hall–Kier alpha value is -0.860. The van der Waals surface area contributed by atoms with E-state index in [4.69, 9.17) is 4.74 Å². The number of ether oxygens (including phenoxy) is 1. The van der Waals surface area contributed by atoms with Gasteiger partial charge in [-0.05, 0) is 45.6 Å². The maximum Gasteiger partial charge on any atom is 0.0641 e. The minimum absolute atomic E-state index is 0.0301. The highest BCUT2D eigenvalue weighted by atomic mass is 16.5. The van der Waals surface area contributed by atoms with Crippen LogP contribution in [0.5, 0.6) is 0 Å². The predicted molar refractivity (Wildman–Crippen MR) is 75.8 cm³/mol. The number of rotatable bonds is 4. The van der Waals surface area contributed by atoms with E-state index in [2.05, 4.69) is 56.4 Å². The van der Waals surface area contributed by atoms with Crippen molar-refractivity contribution in [2.75, 3.05) is 6.61 Å². The zero-order valence-electron chi connectivity index (χ0n) is 11.8. The van der Waals surface area contributed by atoms with Crippen LogP contribution in [0.3, 0.4) is 0 Å². The smallest absolute Gasteiger partial charge is 0.0641 e. The lowest BCUT2D eigenvalue weighted by molar-refractivity contribution is -0.0639. The van der Waals surface area contributed by atoms with Crippen molar-refractivity contribution in [2.24, 2.45) is 0 Å². The Morgan fingerprint density at radius 1 is 1.33 bits per heavy atom. The Morgan fingerprint density at radius 3 is 2.72 bits per heavy atom. The average molecular weight is 247 g/mol. The van der Waals surface area contributed by atoms with Crippen LogP contribution in [-0.2, 0) is 11.2 Å². The lowest BCUT2D eigenvalue weighted by Crippen LogP contribution is -2.47. The minimum atomic E-state index is 0.0301. The van der Waals surface area contributed by atoms with E-state index in [0.717, 1.165) is 25.9 Å². The zero-order chi connectivity index (χ0) is 13.0.